The summed E-state index contributed by atoms with van der Waals surface area (Å²) in [4.78, 5) is 13.2. The van der Waals surface area contributed by atoms with Crippen molar-refractivity contribution in [3.05, 3.63) is 29.8 Å². The van der Waals surface area contributed by atoms with Crippen molar-refractivity contribution >= 4 is 11.7 Å². The van der Waals surface area contributed by atoms with Crippen LogP contribution in [0, 0.1) is 11.3 Å². The van der Waals surface area contributed by atoms with Crippen LogP contribution < -0.4 is 5.32 Å². The third-order valence-electron chi connectivity index (χ3n) is 2.46. The normalized spacial score (nSPS) is 11.5. The number of carbonyl (C=O) groups excluding carboxylic acids is 1. The Balaban J connectivity index is 2.51. The fourth-order valence-electron chi connectivity index (χ4n) is 1.49. The van der Waals surface area contributed by atoms with Crippen LogP contribution in [0.2, 0.25) is 0 Å². The molecule has 0 radical (unpaired) electrons. The van der Waals surface area contributed by atoms with Crippen molar-refractivity contribution in [1.82, 2.24) is 4.90 Å². The second-order valence-electron chi connectivity index (χ2n) is 4.11. The van der Waals surface area contributed by atoms with Gasteiger partial charge in [-0.05, 0) is 24.3 Å². The number of nitrogens with zero attached hydrogens (tertiary/aromatic N) is 2. The van der Waals surface area contributed by atoms with Gasteiger partial charge in [-0.1, -0.05) is 0 Å². The van der Waals surface area contributed by atoms with Gasteiger partial charge in [0.25, 0.3) is 0 Å². The van der Waals surface area contributed by atoms with Gasteiger partial charge in [0.15, 0.2) is 0 Å². The average molecular weight is 263 g/mol. The lowest BCUT2D eigenvalue weighted by Crippen LogP contribution is -2.38. The standard InChI is InChI=1S/C13H17N3O3/c1-16(8-12(17)9-19-2)13(18)15-11-5-3-10(7-14)4-6-11/h3-6,12,17H,8-9H2,1-2H3,(H,15,18). The van der Waals surface area contributed by atoms with Gasteiger partial charge in [0.2, 0.25) is 0 Å². The number of hydrogen-bond donors (Lipinski definition) is 2. The molecule has 1 atom stereocenters. The van der Waals surface area contributed by atoms with Gasteiger partial charge in [-0.2, -0.15) is 5.26 Å². The number of amides is 2. The van der Waals surface area contributed by atoms with E-state index >= 15 is 0 Å². The number of anilines is 1. The number of likely N-dealkylation sites (N-methyl/N-ethyl adjacent to an activating group) is 1. The zero-order valence-corrected chi connectivity index (χ0v) is 11.0. The maximum absolute atomic E-state index is 11.8. The Morgan fingerprint density at radius 1 is 1.53 bits per heavy atom. The Hall–Kier alpha value is -2.10. The van der Waals surface area contributed by atoms with Gasteiger partial charge in [-0.3, -0.25) is 0 Å². The lowest BCUT2D eigenvalue weighted by Gasteiger charge is -2.20. The number of aliphatic hydroxyl groups excluding tert-OH is 1. The second kappa shape index (κ2) is 7.36. The number of rotatable bonds is 5. The summed E-state index contributed by atoms with van der Waals surface area (Å²) in [6.45, 7) is 0.352. The van der Waals surface area contributed by atoms with E-state index < -0.39 is 6.10 Å². The Morgan fingerprint density at radius 2 is 2.16 bits per heavy atom. The summed E-state index contributed by atoms with van der Waals surface area (Å²) in [5.41, 5.74) is 1.12. The predicted octanol–water partition coefficient (Wildman–Crippen LogP) is 1.03. The molecule has 2 N–H and O–H groups in total. The van der Waals surface area contributed by atoms with Crippen molar-refractivity contribution in [1.29, 1.82) is 5.26 Å². The first-order valence-corrected chi connectivity index (χ1v) is 5.76. The van der Waals surface area contributed by atoms with Crippen LogP contribution in [0.5, 0.6) is 0 Å². The molecule has 2 amide bonds. The summed E-state index contributed by atoms with van der Waals surface area (Å²) in [7, 11) is 3.07. The van der Waals surface area contributed by atoms with E-state index in [0.29, 0.717) is 11.3 Å². The average Bonchev–Trinajstić information content (AvgIpc) is 2.39. The summed E-state index contributed by atoms with van der Waals surface area (Å²) in [6.07, 6.45) is -0.721. The largest absolute Gasteiger partial charge is 0.389 e. The van der Waals surface area contributed by atoms with Gasteiger partial charge in [0.05, 0.1) is 30.9 Å². The maximum atomic E-state index is 11.8. The van der Waals surface area contributed by atoms with E-state index in [1.165, 1.54) is 12.0 Å². The third-order valence-corrected chi connectivity index (χ3v) is 2.46. The minimum atomic E-state index is -0.721. The minimum Gasteiger partial charge on any atom is -0.389 e. The molecule has 1 aromatic carbocycles. The van der Waals surface area contributed by atoms with Gasteiger partial charge in [0, 0.05) is 19.8 Å². The number of urea groups is 1. The zero-order chi connectivity index (χ0) is 14.3. The highest BCUT2D eigenvalue weighted by atomic mass is 16.5. The number of benzene rings is 1. The molecule has 0 saturated heterocycles. The first-order valence-electron chi connectivity index (χ1n) is 5.76. The molecule has 1 rings (SSSR count). The predicted molar refractivity (Wildman–Crippen MR) is 70.7 cm³/mol. The van der Waals surface area contributed by atoms with Crippen LogP contribution in [0.1, 0.15) is 5.56 Å². The van der Waals surface area contributed by atoms with Crippen molar-refractivity contribution in [3.8, 4) is 6.07 Å². The Kier molecular flexibility index (Phi) is 5.79. The quantitative estimate of drug-likeness (QED) is 0.830. The van der Waals surface area contributed by atoms with Crippen molar-refractivity contribution in [3.63, 3.8) is 0 Å². The topological polar surface area (TPSA) is 85.6 Å². The van der Waals surface area contributed by atoms with Crippen LogP contribution in [-0.2, 0) is 4.74 Å². The molecule has 6 heteroatoms. The van der Waals surface area contributed by atoms with E-state index in [1.54, 1.807) is 31.3 Å². The monoisotopic (exact) mass is 263 g/mol. The summed E-state index contributed by atoms with van der Waals surface area (Å²) in [5.74, 6) is 0. The highest BCUT2D eigenvalue weighted by Crippen LogP contribution is 2.09. The number of hydrogen-bond acceptors (Lipinski definition) is 4. The molecule has 0 fully saturated rings. The summed E-state index contributed by atoms with van der Waals surface area (Å²) in [5, 5.41) is 20.8. The minimum absolute atomic E-state index is 0.175. The molecule has 0 spiro atoms. The van der Waals surface area contributed by atoms with E-state index in [1.807, 2.05) is 6.07 Å². The van der Waals surface area contributed by atoms with E-state index in [9.17, 15) is 9.90 Å². The zero-order valence-electron chi connectivity index (χ0n) is 11.0. The molecule has 0 aromatic heterocycles. The fraction of sp³-hybridized carbons (Fsp3) is 0.385. The summed E-state index contributed by atoms with van der Waals surface area (Å²) >= 11 is 0. The molecule has 6 nitrogen and oxygen atoms in total. The van der Waals surface area contributed by atoms with Gasteiger partial charge < -0.3 is 20.1 Å². The summed E-state index contributed by atoms with van der Waals surface area (Å²) < 4.78 is 4.79. The van der Waals surface area contributed by atoms with Crippen LogP contribution in [0.25, 0.3) is 0 Å². The first kappa shape index (κ1) is 15.0. The molecule has 1 aromatic rings. The number of methoxy groups -OCH3 is 1. The second-order valence-corrected chi connectivity index (χ2v) is 4.11. The molecule has 0 saturated carbocycles. The molecule has 0 aliphatic rings. The fourth-order valence-corrected chi connectivity index (χ4v) is 1.49. The molecule has 0 heterocycles. The first-order chi connectivity index (χ1) is 9.06. The van der Waals surface area contributed by atoms with Crippen molar-refractivity contribution in [2.75, 3.05) is 32.6 Å². The van der Waals surface area contributed by atoms with Crippen LogP contribution >= 0.6 is 0 Å². The van der Waals surface area contributed by atoms with E-state index in [-0.39, 0.29) is 19.2 Å². The molecule has 1 unspecified atom stereocenters. The van der Waals surface area contributed by atoms with E-state index in [2.05, 4.69) is 5.32 Å². The van der Waals surface area contributed by atoms with Crippen LogP contribution in [0.3, 0.4) is 0 Å². The number of carbonyl (C=O) groups is 1. The Morgan fingerprint density at radius 3 is 2.68 bits per heavy atom. The molecular formula is C13H17N3O3. The third kappa shape index (κ3) is 4.95. The number of aliphatic hydroxyl groups is 1. The van der Waals surface area contributed by atoms with E-state index in [0.717, 1.165) is 0 Å². The lowest BCUT2D eigenvalue weighted by molar-refractivity contribution is 0.0501. The molecular weight excluding hydrogens is 246 g/mol. The van der Waals surface area contributed by atoms with Crippen LogP contribution in [0.4, 0.5) is 10.5 Å². The number of ether oxygens (including phenoxy) is 1. The molecule has 19 heavy (non-hydrogen) atoms. The van der Waals surface area contributed by atoms with Crippen LogP contribution in [-0.4, -0.2) is 49.5 Å². The van der Waals surface area contributed by atoms with Gasteiger partial charge in [0.1, 0.15) is 0 Å². The van der Waals surface area contributed by atoms with Crippen molar-refractivity contribution < 1.29 is 14.6 Å². The summed E-state index contributed by atoms with van der Waals surface area (Å²) in [6, 6.07) is 8.21. The Labute approximate surface area is 112 Å². The SMILES string of the molecule is COCC(O)CN(C)C(=O)Nc1ccc(C#N)cc1. The highest BCUT2D eigenvalue weighted by molar-refractivity contribution is 5.89. The van der Waals surface area contributed by atoms with Gasteiger partial charge >= 0.3 is 6.03 Å². The molecule has 0 bridgehead atoms. The van der Waals surface area contributed by atoms with Crippen molar-refractivity contribution in [2.45, 2.75) is 6.10 Å². The van der Waals surface area contributed by atoms with Gasteiger partial charge in [-0.15, -0.1) is 0 Å². The van der Waals surface area contributed by atoms with E-state index in [4.69, 9.17) is 10.00 Å². The van der Waals surface area contributed by atoms with Crippen molar-refractivity contribution in [2.24, 2.45) is 0 Å². The van der Waals surface area contributed by atoms with Crippen LogP contribution in [0.15, 0.2) is 24.3 Å². The molecule has 0 aliphatic carbocycles. The van der Waals surface area contributed by atoms with Gasteiger partial charge in [-0.25, -0.2) is 4.79 Å². The number of nitrogens with one attached hydrogen (secondary N) is 1. The molecule has 0 aliphatic heterocycles. The Bertz CT molecular complexity index is 453. The maximum Gasteiger partial charge on any atom is 0.321 e. The highest BCUT2D eigenvalue weighted by Gasteiger charge is 2.13. The smallest absolute Gasteiger partial charge is 0.321 e. The molecule has 102 valence electrons. The lowest BCUT2D eigenvalue weighted by atomic mass is 10.2. The number of nitriles is 1.